The summed E-state index contributed by atoms with van der Waals surface area (Å²) in [5.41, 5.74) is 0. The van der Waals surface area contributed by atoms with E-state index in [-0.39, 0.29) is 5.97 Å². The van der Waals surface area contributed by atoms with Gasteiger partial charge in [-0.25, -0.2) is 0 Å². The van der Waals surface area contributed by atoms with E-state index in [0.717, 1.165) is 0 Å². The van der Waals surface area contributed by atoms with Crippen LogP contribution in [0.25, 0.3) is 0 Å². The molecule has 2 rings (SSSR count). The maximum Gasteiger partial charge on any atom is 0.306 e. The minimum absolute atomic E-state index is 0.0136. The number of carbonyl (C=O) groups excluding carboxylic acids is 1. The number of carbonyl (C=O) groups is 1. The molecule has 2 saturated heterocycles. The highest BCUT2D eigenvalue weighted by Crippen LogP contribution is 2.28. The molecule has 2 aliphatic heterocycles. The van der Waals surface area contributed by atoms with Crippen molar-refractivity contribution in [3.8, 4) is 0 Å². The number of likely N-dealkylation sites (tertiary alicyclic amines) is 1. The molecule has 3 heteroatoms. The van der Waals surface area contributed by atoms with Gasteiger partial charge in [0.05, 0.1) is 13.0 Å². The van der Waals surface area contributed by atoms with Crippen LogP contribution in [-0.4, -0.2) is 37.1 Å². The fourth-order valence-electron chi connectivity index (χ4n) is 2.31. The molecule has 0 radical (unpaired) electrons. The second-order valence-corrected chi connectivity index (χ2v) is 3.84. The smallest absolute Gasteiger partial charge is 0.306 e. The molecular formula is C9H15NO2. The fraction of sp³-hybridized carbons (Fsp3) is 0.889. The largest absolute Gasteiger partial charge is 0.465 e. The van der Waals surface area contributed by atoms with Crippen molar-refractivity contribution >= 4 is 5.97 Å². The van der Waals surface area contributed by atoms with Gasteiger partial charge in [0.1, 0.15) is 0 Å². The molecule has 0 aromatic heterocycles. The second kappa shape index (κ2) is 3.05. The van der Waals surface area contributed by atoms with E-state index in [1.165, 1.54) is 19.4 Å². The van der Waals surface area contributed by atoms with E-state index >= 15 is 0 Å². The van der Waals surface area contributed by atoms with Gasteiger partial charge in [-0.05, 0) is 26.4 Å². The van der Waals surface area contributed by atoms with Crippen molar-refractivity contribution in [2.24, 2.45) is 5.92 Å². The van der Waals surface area contributed by atoms with Crippen LogP contribution >= 0.6 is 0 Å². The van der Waals surface area contributed by atoms with E-state index in [1.807, 2.05) is 0 Å². The Kier molecular flexibility index (Phi) is 2.05. The van der Waals surface area contributed by atoms with Crippen molar-refractivity contribution in [1.29, 1.82) is 0 Å². The molecule has 0 spiro atoms. The van der Waals surface area contributed by atoms with E-state index in [1.54, 1.807) is 0 Å². The first-order chi connectivity index (χ1) is 5.77. The summed E-state index contributed by atoms with van der Waals surface area (Å²) < 4.78 is 4.96. The highest BCUT2D eigenvalue weighted by molar-refractivity contribution is 5.71. The number of ether oxygens (including phenoxy) is 1. The third-order valence-corrected chi connectivity index (χ3v) is 3.01. The molecule has 0 aliphatic carbocycles. The molecule has 0 amide bonds. The van der Waals surface area contributed by atoms with Gasteiger partial charge in [-0.3, -0.25) is 4.79 Å². The molecular weight excluding hydrogens is 154 g/mol. The third kappa shape index (κ3) is 1.33. The van der Waals surface area contributed by atoms with Crippen molar-refractivity contribution in [3.05, 3.63) is 0 Å². The molecule has 0 saturated carbocycles. The van der Waals surface area contributed by atoms with Crippen LogP contribution in [0.5, 0.6) is 0 Å². The van der Waals surface area contributed by atoms with Gasteiger partial charge in [0, 0.05) is 12.0 Å². The Labute approximate surface area is 72.7 Å². The van der Waals surface area contributed by atoms with E-state index in [9.17, 15) is 4.79 Å². The van der Waals surface area contributed by atoms with Crippen LogP contribution in [0.3, 0.4) is 0 Å². The SMILES string of the molecule is CN1CCCC1C1COC(=O)C1. The maximum absolute atomic E-state index is 10.9. The van der Waals surface area contributed by atoms with E-state index < -0.39 is 0 Å². The van der Waals surface area contributed by atoms with Gasteiger partial charge in [-0.1, -0.05) is 0 Å². The second-order valence-electron chi connectivity index (χ2n) is 3.84. The zero-order chi connectivity index (χ0) is 8.55. The summed E-state index contributed by atoms with van der Waals surface area (Å²) in [6.45, 7) is 1.82. The molecule has 2 heterocycles. The standard InChI is InChI=1S/C9H15NO2/c1-10-4-2-3-8(10)7-5-9(11)12-6-7/h7-8H,2-6H2,1H3. The Morgan fingerprint density at radius 2 is 2.42 bits per heavy atom. The monoisotopic (exact) mass is 169 g/mol. The Morgan fingerprint density at radius 1 is 1.58 bits per heavy atom. The lowest BCUT2D eigenvalue weighted by Crippen LogP contribution is -2.32. The van der Waals surface area contributed by atoms with Crippen LogP contribution < -0.4 is 0 Å². The number of hydrogen-bond donors (Lipinski definition) is 0. The average molecular weight is 169 g/mol. The van der Waals surface area contributed by atoms with Crippen molar-refractivity contribution in [1.82, 2.24) is 4.90 Å². The Balaban J connectivity index is 1.95. The van der Waals surface area contributed by atoms with Gasteiger partial charge in [0.25, 0.3) is 0 Å². The zero-order valence-electron chi connectivity index (χ0n) is 7.45. The van der Waals surface area contributed by atoms with Gasteiger partial charge in [0.2, 0.25) is 0 Å². The highest BCUT2D eigenvalue weighted by atomic mass is 16.5. The molecule has 0 aromatic rings. The summed E-state index contributed by atoms with van der Waals surface area (Å²) in [5.74, 6) is 0.449. The average Bonchev–Trinajstić information content (AvgIpc) is 2.58. The molecule has 0 N–H and O–H groups in total. The summed E-state index contributed by atoms with van der Waals surface area (Å²) in [7, 11) is 2.14. The van der Waals surface area contributed by atoms with Crippen molar-refractivity contribution in [2.75, 3.05) is 20.2 Å². The number of cyclic esters (lactones) is 1. The topological polar surface area (TPSA) is 29.5 Å². The summed E-state index contributed by atoms with van der Waals surface area (Å²) in [6, 6.07) is 0.594. The summed E-state index contributed by atoms with van der Waals surface area (Å²) in [4.78, 5) is 13.2. The van der Waals surface area contributed by atoms with Crippen molar-refractivity contribution in [2.45, 2.75) is 25.3 Å². The highest BCUT2D eigenvalue weighted by Gasteiger charge is 2.35. The van der Waals surface area contributed by atoms with Crippen molar-refractivity contribution in [3.63, 3.8) is 0 Å². The van der Waals surface area contributed by atoms with Crippen LogP contribution in [0, 0.1) is 5.92 Å². The molecule has 0 aromatic carbocycles. The summed E-state index contributed by atoms with van der Waals surface area (Å²) >= 11 is 0. The quantitative estimate of drug-likeness (QED) is 0.540. The first-order valence-corrected chi connectivity index (χ1v) is 4.63. The lowest BCUT2D eigenvalue weighted by atomic mass is 9.97. The minimum atomic E-state index is -0.0136. The van der Waals surface area contributed by atoms with Gasteiger partial charge in [0.15, 0.2) is 0 Å². The Hall–Kier alpha value is -0.570. The first kappa shape index (κ1) is 8.05. The number of esters is 1. The van der Waals surface area contributed by atoms with Crippen LogP contribution in [0.2, 0.25) is 0 Å². The van der Waals surface area contributed by atoms with Gasteiger partial charge in [-0.2, -0.15) is 0 Å². The molecule has 12 heavy (non-hydrogen) atoms. The van der Waals surface area contributed by atoms with E-state index in [2.05, 4.69) is 11.9 Å². The number of nitrogens with zero attached hydrogens (tertiary/aromatic N) is 1. The summed E-state index contributed by atoms with van der Waals surface area (Å²) in [6.07, 6.45) is 3.14. The van der Waals surface area contributed by atoms with E-state index in [4.69, 9.17) is 4.74 Å². The van der Waals surface area contributed by atoms with Gasteiger partial charge >= 0.3 is 5.97 Å². The maximum atomic E-state index is 10.9. The predicted octanol–water partition coefficient (Wildman–Crippen LogP) is 0.644. The zero-order valence-corrected chi connectivity index (χ0v) is 7.45. The number of rotatable bonds is 1. The predicted molar refractivity (Wildman–Crippen MR) is 44.7 cm³/mol. The molecule has 2 unspecified atom stereocenters. The summed E-state index contributed by atoms with van der Waals surface area (Å²) in [5, 5.41) is 0. The Bertz CT molecular complexity index is 193. The number of hydrogen-bond acceptors (Lipinski definition) is 3. The van der Waals surface area contributed by atoms with Crippen LogP contribution in [-0.2, 0) is 9.53 Å². The minimum Gasteiger partial charge on any atom is -0.465 e. The fourth-order valence-corrected chi connectivity index (χ4v) is 2.31. The molecule has 2 aliphatic rings. The van der Waals surface area contributed by atoms with Crippen LogP contribution in [0.1, 0.15) is 19.3 Å². The Morgan fingerprint density at radius 3 is 2.92 bits per heavy atom. The molecule has 0 bridgehead atoms. The van der Waals surface area contributed by atoms with Crippen LogP contribution in [0.15, 0.2) is 0 Å². The molecule has 2 fully saturated rings. The molecule has 2 atom stereocenters. The van der Waals surface area contributed by atoms with Crippen LogP contribution in [0.4, 0.5) is 0 Å². The first-order valence-electron chi connectivity index (χ1n) is 4.63. The third-order valence-electron chi connectivity index (χ3n) is 3.01. The molecule has 3 nitrogen and oxygen atoms in total. The lowest BCUT2D eigenvalue weighted by molar-refractivity contribution is -0.137. The molecule has 68 valence electrons. The van der Waals surface area contributed by atoms with Crippen molar-refractivity contribution < 1.29 is 9.53 Å². The lowest BCUT2D eigenvalue weighted by Gasteiger charge is -2.23. The van der Waals surface area contributed by atoms with Gasteiger partial charge in [-0.15, -0.1) is 0 Å². The normalized spacial score (nSPS) is 37.2. The van der Waals surface area contributed by atoms with Gasteiger partial charge < -0.3 is 9.64 Å². The van der Waals surface area contributed by atoms with E-state index in [0.29, 0.717) is 25.0 Å².